The fourth-order valence-electron chi connectivity index (χ4n) is 4.59. The standard InChI is InChI=1S/C34H49N7O15S2/c1-10-11-12-52-22-13-18(35-14-21(22)42)26(44)36-15-23(43)53-16-20-25(28(46)41(20)58(49,50)51)38-27(45)24(40-56-34(8,9)29(47)54-32(2,3)4)19-17-57-30(37-19)39-31(48)55-33(5,6)7/h13-14,17,20,22,25,35,42H,10-12,15-16H2,1-9H3,(H,36,44)(H,38,45)(H,37,39,48)(H,49,50,51)/b40-24-/t20-,22?,25+/m1/s1. The first-order valence-electron chi connectivity index (χ1n) is 17.7. The van der Waals surface area contributed by atoms with Crippen LogP contribution in [0.1, 0.15) is 80.8 Å². The van der Waals surface area contributed by atoms with E-state index in [1.165, 1.54) is 25.3 Å². The van der Waals surface area contributed by atoms with Crippen molar-refractivity contribution in [2.75, 3.05) is 25.1 Å². The van der Waals surface area contributed by atoms with Crippen LogP contribution >= 0.6 is 11.3 Å². The Bertz CT molecular complexity index is 1950. The second kappa shape index (κ2) is 18.9. The van der Waals surface area contributed by atoms with Crippen LogP contribution in [0.4, 0.5) is 9.93 Å². The van der Waals surface area contributed by atoms with Crippen molar-refractivity contribution in [1.29, 1.82) is 0 Å². The molecule has 0 aliphatic carbocycles. The number of dihydropyridines is 1. The maximum atomic E-state index is 13.7. The topological polar surface area (TPSA) is 300 Å². The quantitative estimate of drug-likeness (QED) is 0.0246. The molecule has 1 aromatic heterocycles. The van der Waals surface area contributed by atoms with Gasteiger partial charge in [-0.25, -0.2) is 18.9 Å². The summed E-state index contributed by atoms with van der Waals surface area (Å²) in [7, 11) is -5.24. The number of aliphatic hydroxyl groups excluding tert-OH is 1. The number of carbonyl (C=O) groups is 6. The second-order valence-corrected chi connectivity index (χ2v) is 17.3. The Hall–Kier alpha value is -5.33. The predicted octanol–water partition coefficient (Wildman–Crippen LogP) is 1.56. The number of ether oxygens (including phenoxy) is 4. The van der Waals surface area contributed by atoms with Crippen LogP contribution in [-0.2, 0) is 58.1 Å². The minimum atomic E-state index is -5.24. The Morgan fingerprint density at radius 1 is 1.05 bits per heavy atom. The number of nitrogens with one attached hydrogen (secondary N) is 4. The van der Waals surface area contributed by atoms with Crippen LogP contribution < -0.4 is 21.3 Å². The number of carbonyl (C=O) groups excluding carboxylic acids is 6. The fourth-order valence-corrected chi connectivity index (χ4v) is 6.14. The molecule has 6 N–H and O–H groups in total. The molecule has 1 unspecified atom stereocenters. The number of amides is 4. The molecule has 0 aromatic carbocycles. The molecule has 0 bridgehead atoms. The first-order valence-corrected chi connectivity index (χ1v) is 20.0. The number of hydrogen-bond donors (Lipinski definition) is 6. The molecular formula is C34H49N7O15S2. The van der Waals surface area contributed by atoms with E-state index in [9.17, 15) is 46.8 Å². The predicted molar refractivity (Wildman–Crippen MR) is 204 cm³/mol. The first kappa shape index (κ1) is 47.0. The molecule has 24 heteroatoms. The van der Waals surface area contributed by atoms with E-state index >= 15 is 0 Å². The average Bonchev–Trinajstić information content (AvgIpc) is 3.53. The van der Waals surface area contributed by atoms with E-state index in [0.717, 1.165) is 24.0 Å². The molecule has 0 spiro atoms. The molecule has 2 aliphatic heterocycles. The van der Waals surface area contributed by atoms with Crippen LogP contribution in [0.3, 0.4) is 0 Å². The van der Waals surface area contributed by atoms with Gasteiger partial charge in [-0.05, 0) is 67.9 Å². The second-order valence-electron chi connectivity index (χ2n) is 15.1. The molecule has 58 heavy (non-hydrogen) atoms. The summed E-state index contributed by atoms with van der Waals surface area (Å²) in [6.07, 6.45) is 2.21. The molecule has 1 fully saturated rings. The van der Waals surface area contributed by atoms with Crippen molar-refractivity contribution in [3.63, 3.8) is 0 Å². The van der Waals surface area contributed by atoms with Gasteiger partial charge in [-0.1, -0.05) is 18.5 Å². The average molecular weight is 860 g/mol. The number of aromatic nitrogens is 1. The number of nitrogens with zero attached hydrogens (tertiary/aromatic N) is 3. The number of anilines is 1. The van der Waals surface area contributed by atoms with Crippen LogP contribution in [-0.4, -0.2) is 124 Å². The van der Waals surface area contributed by atoms with E-state index in [4.69, 9.17) is 23.8 Å². The van der Waals surface area contributed by atoms with E-state index < -0.39 is 99.9 Å². The van der Waals surface area contributed by atoms with Crippen molar-refractivity contribution in [2.45, 2.75) is 110 Å². The Morgan fingerprint density at radius 3 is 2.31 bits per heavy atom. The van der Waals surface area contributed by atoms with Gasteiger partial charge >= 0.3 is 28.3 Å². The highest BCUT2D eigenvalue weighted by atomic mass is 32.2. The minimum absolute atomic E-state index is 0.0251. The monoisotopic (exact) mass is 859 g/mol. The lowest BCUT2D eigenvalue weighted by Gasteiger charge is -2.43. The zero-order valence-corrected chi connectivity index (χ0v) is 35.0. The number of esters is 2. The smallest absolute Gasteiger partial charge is 0.413 e. The van der Waals surface area contributed by atoms with Gasteiger partial charge < -0.3 is 44.8 Å². The zero-order valence-electron chi connectivity index (χ0n) is 33.4. The largest absolute Gasteiger partial charge is 0.508 e. The molecular weight excluding hydrogens is 811 g/mol. The summed E-state index contributed by atoms with van der Waals surface area (Å²) in [5.41, 5.74) is -4.53. The summed E-state index contributed by atoms with van der Waals surface area (Å²) in [6, 6.07) is -3.44. The van der Waals surface area contributed by atoms with Crippen LogP contribution in [0, 0.1) is 0 Å². The number of thiazole rings is 1. The van der Waals surface area contributed by atoms with Gasteiger partial charge in [-0.2, -0.15) is 8.42 Å². The van der Waals surface area contributed by atoms with Gasteiger partial charge in [0.25, 0.3) is 17.7 Å². The molecule has 3 atom stereocenters. The maximum Gasteiger partial charge on any atom is 0.413 e. The van der Waals surface area contributed by atoms with Gasteiger partial charge in [0, 0.05) is 18.2 Å². The summed E-state index contributed by atoms with van der Waals surface area (Å²) in [4.78, 5) is 86.8. The Labute approximate surface area is 338 Å². The highest BCUT2D eigenvalue weighted by molar-refractivity contribution is 7.84. The van der Waals surface area contributed by atoms with E-state index in [1.54, 1.807) is 41.5 Å². The summed E-state index contributed by atoms with van der Waals surface area (Å²) in [5, 5.41) is 24.6. The third-order valence-electron chi connectivity index (χ3n) is 7.36. The number of unbranched alkanes of at least 4 members (excludes halogenated alkanes) is 1. The fraction of sp³-hybridized carbons (Fsp3) is 0.588. The molecule has 3 heterocycles. The van der Waals surface area contributed by atoms with Gasteiger partial charge in [0.05, 0.1) is 0 Å². The third-order valence-corrected chi connectivity index (χ3v) is 9.07. The molecule has 3 rings (SSSR count). The van der Waals surface area contributed by atoms with Gasteiger partial charge in [0.1, 0.15) is 59.7 Å². The lowest BCUT2D eigenvalue weighted by Crippen LogP contribution is -2.73. The lowest BCUT2D eigenvalue weighted by atomic mass is 9.99. The number of oxime groups is 1. The highest BCUT2D eigenvalue weighted by Crippen LogP contribution is 2.26. The Kier molecular flexibility index (Phi) is 15.4. The molecule has 1 aromatic rings. The van der Waals surface area contributed by atoms with E-state index in [0.29, 0.717) is 13.0 Å². The first-order chi connectivity index (χ1) is 26.7. The van der Waals surface area contributed by atoms with Crippen molar-refractivity contribution in [2.24, 2.45) is 5.16 Å². The van der Waals surface area contributed by atoms with Gasteiger partial charge in [0.2, 0.25) is 5.60 Å². The third kappa shape index (κ3) is 13.7. The van der Waals surface area contributed by atoms with E-state index in [2.05, 4.69) is 31.4 Å². The molecule has 22 nitrogen and oxygen atoms in total. The van der Waals surface area contributed by atoms with Gasteiger partial charge in [-0.3, -0.25) is 29.0 Å². The van der Waals surface area contributed by atoms with E-state index in [-0.39, 0.29) is 26.6 Å². The number of hydrogen-bond acceptors (Lipinski definition) is 18. The van der Waals surface area contributed by atoms with Gasteiger partial charge in [0.15, 0.2) is 10.8 Å². The SMILES string of the molecule is CCCCOC1C=C(C(=O)NCC(=O)OC[C@@H]2[C@H](NC(=O)/C(=N\OC(C)(C)C(=O)OC(C)(C)C)c3csc(NC(=O)OC(C)(C)C)n3)C(=O)N2S(=O)(=O)O)NC=C1O. The summed E-state index contributed by atoms with van der Waals surface area (Å²) >= 11 is 0.838. The minimum Gasteiger partial charge on any atom is -0.508 e. The molecule has 2 aliphatic rings. The molecule has 4 amide bonds. The van der Waals surface area contributed by atoms with E-state index in [1.807, 2.05) is 6.92 Å². The lowest BCUT2D eigenvalue weighted by molar-refractivity contribution is -0.179. The number of rotatable bonds is 17. The van der Waals surface area contributed by atoms with Gasteiger partial charge in [-0.15, -0.1) is 11.3 Å². The van der Waals surface area contributed by atoms with Crippen LogP contribution in [0.25, 0.3) is 0 Å². The Balaban J connectivity index is 1.79. The molecule has 0 saturated carbocycles. The molecule has 322 valence electrons. The maximum absolute atomic E-state index is 13.7. The summed E-state index contributed by atoms with van der Waals surface area (Å²) in [5.74, 6) is -5.47. The van der Waals surface area contributed by atoms with Crippen molar-refractivity contribution >= 4 is 68.2 Å². The van der Waals surface area contributed by atoms with Crippen LogP contribution in [0.2, 0.25) is 0 Å². The zero-order chi connectivity index (χ0) is 43.8. The van der Waals surface area contributed by atoms with Crippen molar-refractivity contribution < 1.29 is 70.6 Å². The van der Waals surface area contributed by atoms with Crippen LogP contribution in [0.5, 0.6) is 0 Å². The van der Waals surface area contributed by atoms with Crippen molar-refractivity contribution in [3.05, 3.63) is 34.8 Å². The van der Waals surface area contributed by atoms with Crippen molar-refractivity contribution in [3.8, 4) is 0 Å². The summed E-state index contributed by atoms with van der Waals surface area (Å²) < 4.78 is 55.1. The van der Waals surface area contributed by atoms with Crippen LogP contribution in [0.15, 0.2) is 34.3 Å². The number of aliphatic hydroxyl groups is 1. The number of β-lactam (4-membered cyclic amide) rings is 1. The normalized spacial score (nSPS) is 18.7. The van der Waals surface area contributed by atoms with Crippen molar-refractivity contribution in [1.82, 2.24) is 25.2 Å². The highest BCUT2D eigenvalue weighted by Gasteiger charge is 2.55. The molecule has 1 saturated heterocycles. The summed E-state index contributed by atoms with van der Waals surface area (Å²) in [6.45, 7) is 13.0. The Morgan fingerprint density at radius 2 is 1.71 bits per heavy atom. The molecule has 0 radical (unpaired) electrons.